The molecule has 1 aromatic carbocycles. The summed E-state index contributed by atoms with van der Waals surface area (Å²) in [6, 6.07) is 6.50. The lowest BCUT2D eigenvalue weighted by atomic mass is 9.99. The fourth-order valence-corrected chi connectivity index (χ4v) is 3.21. The van der Waals surface area contributed by atoms with Crippen molar-refractivity contribution >= 4 is 28.6 Å². The Balaban J connectivity index is 1.65. The lowest BCUT2D eigenvalue weighted by molar-refractivity contribution is -0.0849. The molecule has 0 unspecified atom stereocenters. The molecule has 9 nitrogen and oxygen atoms in total. The number of nitrogens with two attached hydrogens (primary N) is 1. The second-order valence-electron chi connectivity index (χ2n) is 6.05. The van der Waals surface area contributed by atoms with Gasteiger partial charge in [0.1, 0.15) is 36.3 Å². The van der Waals surface area contributed by atoms with Crippen molar-refractivity contribution < 1.29 is 20.1 Å². The third kappa shape index (κ3) is 2.70. The molecule has 4 rings (SSSR count). The van der Waals surface area contributed by atoms with Crippen molar-refractivity contribution in [1.29, 1.82) is 0 Å². The number of ether oxygens (including phenoxy) is 1. The lowest BCUT2D eigenvalue weighted by Gasteiger charge is -2.21. The number of imidazole rings is 1. The number of benzene rings is 1. The van der Waals surface area contributed by atoms with E-state index in [4.69, 9.17) is 22.1 Å². The van der Waals surface area contributed by atoms with Gasteiger partial charge in [-0.1, -0.05) is 23.7 Å². The summed E-state index contributed by atoms with van der Waals surface area (Å²) in [5.41, 5.74) is 6.99. The van der Waals surface area contributed by atoms with Gasteiger partial charge in [-0.15, -0.1) is 0 Å². The van der Waals surface area contributed by atoms with Crippen LogP contribution < -0.4 is 5.73 Å². The van der Waals surface area contributed by atoms with Crippen LogP contribution in [-0.2, 0) is 4.74 Å². The number of anilines is 1. The number of fused-ring (bicyclic) bond motifs is 1. The van der Waals surface area contributed by atoms with Crippen LogP contribution in [0.25, 0.3) is 11.2 Å². The molecule has 1 saturated heterocycles. The summed E-state index contributed by atoms with van der Waals surface area (Å²) in [4.78, 5) is 12.1. The Morgan fingerprint density at radius 3 is 2.58 bits per heavy atom. The average Bonchev–Trinajstić information content (AvgIpc) is 3.18. The highest BCUT2D eigenvalue weighted by atomic mass is 35.5. The van der Waals surface area contributed by atoms with E-state index < -0.39 is 30.6 Å². The van der Waals surface area contributed by atoms with Gasteiger partial charge in [0, 0.05) is 5.02 Å². The first kappa shape index (κ1) is 17.1. The zero-order valence-electron chi connectivity index (χ0n) is 13.3. The zero-order valence-corrected chi connectivity index (χ0v) is 14.1. The van der Waals surface area contributed by atoms with Crippen LogP contribution in [0.1, 0.15) is 17.9 Å². The molecule has 0 spiro atoms. The van der Waals surface area contributed by atoms with E-state index in [1.807, 2.05) is 0 Å². The summed E-state index contributed by atoms with van der Waals surface area (Å²) >= 11 is 5.85. The monoisotopic (exact) mass is 377 g/mol. The van der Waals surface area contributed by atoms with Crippen molar-refractivity contribution in [2.24, 2.45) is 0 Å². The molecule has 136 valence electrons. The normalized spacial score (nSPS) is 27.1. The average molecular weight is 378 g/mol. The van der Waals surface area contributed by atoms with Crippen molar-refractivity contribution in [2.45, 2.75) is 30.6 Å². The SMILES string of the molecule is Nc1ncnc2c1ncn2[C@@H]1O[C@H]([C@H](O)c2ccc(Cl)cc2)[C@@H](O)[C@H]1O. The lowest BCUT2D eigenvalue weighted by Crippen LogP contribution is -2.34. The summed E-state index contributed by atoms with van der Waals surface area (Å²) in [7, 11) is 0. The number of hydrogen-bond acceptors (Lipinski definition) is 8. The van der Waals surface area contributed by atoms with Gasteiger partial charge in [-0.3, -0.25) is 4.57 Å². The van der Waals surface area contributed by atoms with Gasteiger partial charge in [0.05, 0.1) is 6.33 Å². The Kier molecular flexibility index (Phi) is 4.25. The number of hydrogen-bond donors (Lipinski definition) is 4. The maximum absolute atomic E-state index is 10.6. The maximum Gasteiger partial charge on any atom is 0.167 e. The fraction of sp³-hybridized carbons (Fsp3) is 0.312. The Bertz CT molecular complexity index is 934. The summed E-state index contributed by atoms with van der Waals surface area (Å²) < 4.78 is 7.22. The number of nitrogen functional groups attached to an aromatic ring is 1. The predicted octanol–water partition coefficient (Wildman–Crippen LogP) is 0.415. The minimum atomic E-state index is -1.32. The largest absolute Gasteiger partial charge is 0.387 e. The molecule has 1 aliphatic heterocycles. The van der Waals surface area contributed by atoms with Crippen LogP contribution >= 0.6 is 11.6 Å². The second kappa shape index (κ2) is 6.45. The molecule has 1 fully saturated rings. The first-order chi connectivity index (χ1) is 12.5. The molecule has 3 heterocycles. The van der Waals surface area contributed by atoms with Gasteiger partial charge >= 0.3 is 0 Å². The van der Waals surface area contributed by atoms with E-state index in [0.29, 0.717) is 21.7 Å². The van der Waals surface area contributed by atoms with Crippen molar-refractivity contribution in [3.63, 3.8) is 0 Å². The van der Waals surface area contributed by atoms with E-state index in [9.17, 15) is 15.3 Å². The van der Waals surface area contributed by atoms with Crippen molar-refractivity contribution in [2.75, 3.05) is 5.73 Å². The van der Waals surface area contributed by atoms with Crippen LogP contribution in [0.2, 0.25) is 5.02 Å². The van der Waals surface area contributed by atoms with Crippen molar-refractivity contribution in [1.82, 2.24) is 19.5 Å². The van der Waals surface area contributed by atoms with Crippen molar-refractivity contribution in [3.05, 3.63) is 47.5 Å². The Labute approximate surface area is 152 Å². The molecular weight excluding hydrogens is 362 g/mol. The van der Waals surface area contributed by atoms with E-state index >= 15 is 0 Å². The molecule has 5 atom stereocenters. The van der Waals surface area contributed by atoms with Crippen molar-refractivity contribution in [3.8, 4) is 0 Å². The number of aliphatic hydroxyl groups is 3. The molecule has 2 aromatic heterocycles. The van der Waals surface area contributed by atoms with E-state index in [1.54, 1.807) is 24.3 Å². The van der Waals surface area contributed by atoms with Gasteiger partial charge in [-0.2, -0.15) is 0 Å². The van der Waals surface area contributed by atoms with Gasteiger partial charge in [0.25, 0.3) is 0 Å². The molecule has 5 N–H and O–H groups in total. The zero-order chi connectivity index (χ0) is 18.4. The third-order valence-electron chi connectivity index (χ3n) is 4.46. The van der Waals surface area contributed by atoms with E-state index in [2.05, 4.69) is 15.0 Å². The van der Waals surface area contributed by atoms with E-state index in [-0.39, 0.29) is 5.82 Å². The Morgan fingerprint density at radius 1 is 1.12 bits per heavy atom. The van der Waals surface area contributed by atoms with Gasteiger partial charge in [-0.05, 0) is 17.7 Å². The smallest absolute Gasteiger partial charge is 0.167 e. The summed E-state index contributed by atoms with van der Waals surface area (Å²) in [5.74, 6) is 0.194. The van der Waals surface area contributed by atoms with Gasteiger partial charge in [0.2, 0.25) is 0 Å². The summed E-state index contributed by atoms with van der Waals surface area (Å²) in [5, 5.41) is 31.9. The molecular formula is C16H16ClN5O4. The molecule has 0 amide bonds. The van der Waals surface area contributed by atoms with Crippen LogP contribution in [0.4, 0.5) is 5.82 Å². The molecule has 1 aliphatic rings. The number of nitrogens with zero attached hydrogens (tertiary/aromatic N) is 4. The van der Waals surface area contributed by atoms with Gasteiger partial charge in [-0.25, -0.2) is 15.0 Å². The molecule has 26 heavy (non-hydrogen) atoms. The second-order valence-corrected chi connectivity index (χ2v) is 6.49. The van der Waals surface area contributed by atoms with E-state index in [0.717, 1.165) is 0 Å². The number of aliphatic hydroxyl groups excluding tert-OH is 3. The van der Waals surface area contributed by atoms with Crippen LogP contribution in [0.3, 0.4) is 0 Å². The molecule has 0 radical (unpaired) electrons. The fourth-order valence-electron chi connectivity index (χ4n) is 3.08. The Hall–Kier alpha value is -2.30. The topological polar surface area (TPSA) is 140 Å². The predicted molar refractivity (Wildman–Crippen MR) is 92.1 cm³/mol. The van der Waals surface area contributed by atoms with Gasteiger partial charge < -0.3 is 25.8 Å². The molecule has 0 bridgehead atoms. The molecule has 3 aromatic rings. The summed E-state index contributed by atoms with van der Waals surface area (Å²) in [6.45, 7) is 0. The van der Waals surface area contributed by atoms with Crippen LogP contribution in [0, 0.1) is 0 Å². The molecule has 0 aliphatic carbocycles. The minimum Gasteiger partial charge on any atom is -0.387 e. The Morgan fingerprint density at radius 2 is 1.85 bits per heavy atom. The van der Waals surface area contributed by atoms with Gasteiger partial charge in [0.15, 0.2) is 17.7 Å². The molecule has 0 saturated carbocycles. The highest BCUT2D eigenvalue weighted by molar-refractivity contribution is 6.30. The minimum absolute atomic E-state index is 0.194. The molecule has 10 heteroatoms. The van der Waals surface area contributed by atoms with Crippen LogP contribution in [0.15, 0.2) is 36.9 Å². The van der Waals surface area contributed by atoms with Crippen LogP contribution in [0.5, 0.6) is 0 Å². The summed E-state index contributed by atoms with van der Waals surface area (Å²) in [6.07, 6.45) is -3.14. The van der Waals surface area contributed by atoms with E-state index in [1.165, 1.54) is 17.2 Å². The number of halogens is 1. The number of rotatable bonds is 3. The quantitative estimate of drug-likeness (QED) is 0.514. The standard InChI is InChI=1S/C16H16ClN5O4/c17-8-3-1-7(2-4-8)10(23)13-11(24)12(25)16(26-13)22-6-21-9-14(18)19-5-20-15(9)22/h1-6,10-13,16,23-25H,(H2,18,19,20)/t10-,11+,12-,13-,16-/m1/s1. The highest BCUT2D eigenvalue weighted by Gasteiger charge is 2.47. The van der Waals surface area contributed by atoms with Crippen LogP contribution in [-0.4, -0.2) is 53.2 Å². The first-order valence-electron chi connectivity index (χ1n) is 7.85. The highest BCUT2D eigenvalue weighted by Crippen LogP contribution is 2.37. The maximum atomic E-state index is 10.6. The first-order valence-corrected chi connectivity index (χ1v) is 8.23. The third-order valence-corrected chi connectivity index (χ3v) is 4.71. The number of aromatic nitrogens is 4.